The van der Waals surface area contributed by atoms with Gasteiger partial charge in [0.15, 0.2) is 0 Å². The first-order valence-corrected chi connectivity index (χ1v) is 6.37. The Bertz CT molecular complexity index is 398. The van der Waals surface area contributed by atoms with E-state index in [-0.39, 0.29) is 0 Å². The van der Waals surface area contributed by atoms with Crippen LogP contribution in [0, 0.1) is 0 Å². The van der Waals surface area contributed by atoms with Crippen LogP contribution in [0.1, 0.15) is 49.5 Å². The van der Waals surface area contributed by atoms with Crippen LogP contribution in [0.4, 0.5) is 0 Å². The molecular weight excluding hydrogens is 236 g/mol. The maximum Gasteiger partial charge on any atom is 0.145 e. The van der Waals surface area contributed by atoms with Gasteiger partial charge >= 0.3 is 0 Å². The first-order valence-electron chi connectivity index (χ1n) is 5.97. The number of thiocarbonyl (C=S) groups is 1. The van der Waals surface area contributed by atoms with Gasteiger partial charge in [-0.05, 0) is 12.8 Å². The summed E-state index contributed by atoms with van der Waals surface area (Å²) in [5.41, 5.74) is 7.16. The molecule has 0 saturated heterocycles. The highest BCUT2D eigenvalue weighted by Crippen LogP contribution is 2.29. The van der Waals surface area contributed by atoms with Crippen molar-refractivity contribution < 1.29 is 4.74 Å². The molecule has 17 heavy (non-hydrogen) atoms. The lowest BCUT2D eigenvalue weighted by Crippen LogP contribution is -2.19. The highest BCUT2D eigenvalue weighted by molar-refractivity contribution is 7.80. The van der Waals surface area contributed by atoms with Crippen LogP contribution in [0.3, 0.4) is 0 Å². The van der Waals surface area contributed by atoms with Gasteiger partial charge in [0, 0.05) is 7.11 Å². The maximum atomic E-state index is 5.65. The van der Waals surface area contributed by atoms with Crippen LogP contribution in [0.5, 0.6) is 0 Å². The van der Waals surface area contributed by atoms with Crippen molar-refractivity contribution in [2.45, 2.75) is 44.8 Å². The van der Waals surface area contributed by atoms with E-state index >= 15 is 0 Å². The molecule has 1 aromatic heterocycles. The van der Waals surface area contributed by atoms with Gasteiger partial charge in [-0.15, -0.1) is 5.10 Å². The molecule has 2 N–H and O–H groups in total. The quantitative estimate of drug-likeness (QED) is 0.826. The van der Waals surface area contributed by atoms with E-state index in [1.54, 1.807) is 7.11 Å². The smallest absolute Gasteiger partial charge is 0.145 e. The molecule has 1 aromatic rings. The fourth-order valence-corrected chi connectivity index (χ4v) is 2.55. The average molecular weight is 254 g/mol. The molecule has 1 aliphatic carbocycles. The number of hydrogen-bond donors (Lipinski definition) is 1. The summed E-state index contributed by atoms with van der Waals surface area (Å²) < 4.78 is 7.15. The molecule has 1 saturated carbocycles. The Hall–Kier alpha value is -1.01. The highest BCUT2D eigenvalue weighted by atomic mass is 32.1. The van der Waals surface area contributed by atoms with Crippen LogP contribution in [0.2, 0.25) is 0 Å². The second-order valence-corrected chi connectivity index (χ2v) is 4.86. The molecule has 2 rings (SSSR count). The minimum atomic E-state index is 0.291. The third-order valence-electron chi connectivity index (χ3n) is 3.23. The molecular formula is C11H18N4OS. The van der Waals surface area contributed by atoms with Crippen LogP contribution in [0.15, 0.2) is 0 Å². The summed E-state index contributed by atoms with van der Waals surface area (Å²) in [6.07, 6.45) is 6.11. The number of rotatable bonds is 4. The minimum absolute atomic E-state index is 0.291. The third kappa shape index (κ3) is 2.63. The van der Waals surface area contributed by atoms with Gasteiger partial charge in [-0.25, -0.2) is 4.68 Å². The Morgan fingerprint density at radius 3 is 2.76 bits per heavy atom. The molecule has 0 bridgehead atoms. The monoisotopic (exact) mass is 254 g/mol. The zero-order valence-electron chi connectivity index (χ0n) is 10.1. The van der Waals surface area contributed by atoms with Crippen molar-refractivity contribution >= 4 is 17.2 Å². The molecule has 0 atom stereocenters. The molecule has 1 fully saturated rings. The van der Waals surface area contributed by atoms with Gasteiger partial charge in [0.1, 0.15) is 10.7 Å². The fraction of sp³-hybridized carbons (Fsp3) is 0.727. The lowest BCUT2D eigenvalue weighted by atomic mass is 9.95. The molecule has 0 radical (unpaired) electrons. The Kier molecular flexibility index (Phi) is 4.06. The minimum Gasteiger partial charge on any atom is -0.388 e. The van der Waals surface area contributed by atoms with Gasteiger partial charge in [0.05, 0.1) is 18.3 Å². The van der Waals surface area contributed by atoms with Crippen LogP contribution in [0.25, 0.3) is 0 Å². The molecule has 6 heteroatoms. The zero-order valence-corrected chi connectivity index (χ0v) is 10.9. The maximum absolute atomic E-state index is 5.65. The van der Waals surface area contributed by atoms with E-state index in [4.69, 9.17) is 22.7 Å². The Morgan fingerprint density at radius 1 is 1.47 bits per heavy atom. The van der Waals surface area contributed by atoms with Gasteiger partial charge in [-0.2, -0.15) is 0 Å². The Labute approximate surface area is 106 Å². The summed E-state index contributed by atoms with van der Waals surface area (Å²) in [4.78, 5) is 0.291. The van der Waals surface area contributed by atoms with Crippen molar-refractivity contribution in [1.29, 1.82) is 0 Å². The molecule has 5 nitrogen and oxygen atoms in total. The van der Waals surface area contributed by atoms with Crippen molar-refractivity contribution in [2.75, 3.05) is 7.11 Å². The SMILES string of the molecule is COCc1c(C(N)=S)nnn1C1CCCCC1. The van der Waals surface area contributed by atoms with E-state index in [1.807, 2.05) is 4.68 Å². The Balaban J connectivity index is 2.28. The highest BCUT2D eigenvalue weighted by Gasteiger charge is 2.22. The van der Waals surface area contributed by atoms with E-state index < -0.39 is 0 Å². The van der Waals surface area contributed by atoms with Gasteiger partial charge in [0.2, 0.25) is 0 Å². The van der Waals surface area contributed by atoms with Gasteiger partial charge in [0.25, 0.3) is 0 Å². The lowest BCUT2D eigenvalue weighted by molar-refractivity contribution is 0.170. The van der Waals surface area contributed by atoms with Crippen LogP contribution in [-0.4, -0.2) is 27.1 Å². The standard InChI is InChI=1S/C11H18N4OS/c1-16-7-9-10(11(12)17)13-14-15(9)8-5-3-2-4-6-8/h8H,2-7H2,1H3,(H2,12,17). The molecule has 0 unspecified atom stereocenters. The summed E-state index contributed by atoms with van der Waals surface area (Å²) in [5, 5.41) is 8.28. The van der Waals surface area contributed by atoms with E-state index in [0.717, 1.165) is 18.5 Å². The number of aromatic nitrogens is 3. The molecule has 0 aromatic carbocycles. The van der Waals surface area contributed by atoms with E-state index in [9.17, 15) is 0 Å². The first-order chi connectivity index (χ1) is 8.24. The topological polar surface area (TPSA) is 66.0 Å². The molecule has 0 spiro atoms. The predicted molar refractivity (Wildman–Crippen MR) is 68.7 cm³/mol. The second kappa shape index (κ2) is 5.55. The summed E-state index contributed by atoms with van der Waals surface area (Å²) >= 11 is 4.98. The van der Waals surface area contributed by atoms with Crippen LogP contribution in [-0.2, 0) is 11.3 Å². The van der Waals surface area contributed by atoms with Crippen LogP contribution >= 0.6 is 12.2 Å². The summed E-state index contributed by atoms with van der Waals surface area (Å²) in [7, 11) is 1.65. The van der Waals surface area contributed by atoms with Crippen molar-refractivity contribution in [1.82, 2.24) is 15.0 Å². The molecule has 0 amide bonds. The normalized spacial score (nSPS) is 17.2. The first kappa shape index (κ1) is 12.4. The van der Waals surface area contributed by atoms with Crippen molar-refractivity contribution in [3.8, 4) is 0 Å². The number of nitrogens with zero attached hydrogens (tertiary/aromatic N) is 3. The summed E-state index contributed by atoms with van der Waals surface area (Å²) in [5.74, 6) is 0. The van der Waals surface area contributed by atoms with Crippen molar-refractivity contribution in [3.05, 3.63) is 11.4 Å². The molecule has 1 aliphatic rings. The zero-order chi connectivity index (χ0) is 12.3. The average Bonchev–Trinajstić information content (AvgIpc) is 2.75. The van der Waals surface area contributed by atoms with Gasteiger partial charge in [-0.3, -0.25) is 0 Å². The molecule has 0 aliphatic heterocycles. The van der Waals surface area contributed by atoms with Crippen molar-refractivity contribution in [2.24, 2.45) is 5.73 Å². The van der Waals surface area contributed by atoms with E-state index in [2.05, 4.69) is 10.3 Å². The second-order valence-electron chi connectivity index (χ2n) is 4.42. The number of methoxy groups -OCH3 is 1. The summed E-state index contributed by atoms with van der Waals surface area (Å²) in [6, 6.07) is 0.421. The summed E-state index contributed by atoms with van der Waals surface area (Å²) in [6.45, 7) is 0.455. The van der Waals surface area contributed by atoms with Crippen LogP contribution < -0.4 is 5.73 Å². The van der Waals surface area contributed by atoms with E-state index in [1.165, 1.54) is 19.3 Å². The molecule has 1 heterocycles. The Morgan fingerprint density at radius 2 is 2.18 bits per heavy atom. The number of hydrogen-bond acceptors (Lipinski definition) is 4. The number of ether oxygens (including phenoxy) is 1. The fourth-order valence-electron chi connectivity index (χ4n) is 2.39. The lowest BCUT2D eigenvalue weighted by Gasteiger charge is -2.23. The third-order valence-corrected chi connectivity index (χ3v) is 3.42. The van der Waals surface area contributed by atoms with Crippen molar-refractivity contribution in [3.63, 3.8) is 0 Å². The predicted octanol–water partition coefficient (Wildman–Crippen LogP) is 1.56. The van der Waals surface area contributed by atoms with Gasteiger partial charge in [-0.1, -0.05) is 36.7 Å². The largest absolute Gasteiger partial charge is 0.388 e. The van der Waals surface area contributed by atoms with Gasteiger partial charge < -0.3 is 10.5 Å². The number of nitrogens with two attached hydrogens (primary N) is 1. The molecule has 94 valence electrons. The van der Waals surface area contributed by atoms with E-state index in [0.29, 0.717) is 23.3 Å².